The molecule has 0 aliphatic carbocycles. The number of methoxy groups -OCH3 is 1. The minimum Gasteiger partial charge on any atom is -0.469 e. The maximum atomic E-state index is 11.8. The minimum absolute atomic E-state index is 0.0767. The summed E-state index contributed by atoms with van der Waals surface area (Å²) in [5.41, 5.74) is 2.05. The smallest absolute Gasteiger partial charge is 0.311 e. The molecule has 1 N–H and O–H groups in total. The van der Waals surface area contributed by atoms with Crippen LogP contribution in [-0.4, -0.2) is 57.7 Å². The maximum absolute atomic E-state index is 11.8. The van der Waals surface area contributed by atoms with Gasteiger partial charge in [0, 0.05) is 0 Å². The Bertz CT molecular complexity index is 1320. The van der Waals surface area contributed by atoms with Crippen molar-refractivity contribution >= 4 is 44.5 Å². The Kier molecular flexibility index (Phi) is 3.74. The Hall–Kier alpha value is -3.51. The number of carbonyl (C=O) groups excluding carboxylic acids is 1. The summed E-state index contributed by atoms with van der Waals surface area (Å²) in [7, 11) is 1.31. The van der Waals surface area contributed by atoms with Crippen LogP contribution in [0.3, 0.4) is 0 Å². The van der Waals surface area contributed by atoms with Gasteiger partial charge in [0.2, 0.25) is 5.13 Å². The van der Waals surface area contributed by atoms with E-state index in [1.54, 1.807) is 4.68 Å². The number of carbonyl (C=O) groups is 1. The van der Waals surface area contributed by atoms with Crippen LogP contribution in [0.15, 0.2) is 24.3 Å². The highest BCUT2D eigenvalue weighted by atomic mass is 32.1. The lowest BCUT2D eigenvalue weighted by molar-refractivity contribution is -0.139. The van der Waals surface area contributed by atoms with E-state index in [0.717, 1.165) is 10.2 Å². The van der Waals surface area contributed by atoms with Gasteiger partial charge in [-0.2, -0.15) is 19.3 Å². The first-order valence-corrected chi connectivity index (χ1v) is 9.03. The van der Waals surface area contributed by atoms with E-state index in [0.29, 0.717) is 22.0 Å². The highest BCUT2D eigenvalue weighted by Crippen LogP contribution is 2.28. The molecule has 0 aliphatic rings. The van der Waals surface area contributed by atoms with Gasteiger partial charge < -0.3 is 9.84 Å². The van der Waals surface area contributed by atoms with Gasteiger partial charge in [-0.1, -0.05) is 23.5 Å². The third-order valence-electron chi connectivity index (χ3n) is 4.13. The predicted octanol–water partition coefficient (Wildman–Crippen LogP) is 0.676. The lowest BCUT2D eigenvalue weighted by Gasteiger charge is -1.98. The molecule has 4 heterocycles. The number of benzene rings is 1. The van der Waals surface area contributed by atoms with Crippen LogP contribution in [0.2, 0.25) is 0 Å². The average Bonchev–Trinajstić information content (AvgIpc) is 3.41. The fourth-order valence-electron chi connectivity index (χ4n) is 2.86. The second-order valence-electron chi connectivity index (χ2n) is 5.85. The highest BCUT2D eigenvalue weighted by molar-refractivity contribution is 7.20. The van der Waals surface area contributed by atoms with Gasteiger partial charge in [-0.05, 0) is 12.1 Å². The molecule has 0 aliphatic heterocycles. The first kappa shape index (κ1) is 16.6. The van der Waals surface area contributed by atoms with Crippen LogP contribution in [0.5, 0.6) is 0 Å². The van der Waals surface area contributed by atoms with Crippen LogP contribution >= 0.6 is 11.3 Å². The van der Waals surface area contributed by atoms with Crippen LogP contribution in [0, 0.1) is 0 Å². The third kappa shape index (κ3) is 2.50. The largest absolute Gasteiger partial charge is 0.469 e. The zero-order valence-electron chi connectivity index (χ0n) is 14.5. The van der Waals surface area contributed by atoms with E-state index >= 15 is 0 Å². The maximum Gasteiger partial charge on any atom is 0.311 e. The zero-order chi connectivity index (χ0) is 19.3. The van der Waals surface area contributed by atoms with E-state index in [9.17, 15) is 9.90 Å². The number of hydrogen-bond donors (Lipinski definition) is 1. The number of hydrogen-bond acceptors (Lipinski definition) is 10. The molecule has 0 bridgehead atoms. The fourth-order valence-corrected chi connectivity index (χ4v) is 3.78. The molecule has 12 heteroatoms. The summed E-state index contributed by atoms with van der Waals surface area (Å²) in [5, 5.41) is 27.0. The molecule has 0 radical (unpaired) electrons. The van der Waals surface area contributed by atoms with Crippen molar-refractivity contribution in [3.8, 4) is 5.13 Å². The zero-order valence-corrected chi connectivity index (χ0v) is 15.3. The number of nitrogens with zero attached hydrogens (tertiary/aromatic N) is 8. The molecular formula is C16H12N8O3S. The topological polar surface area (TPSA) is 133 Å². The van der Waals surface area contributed by atoms with Crippen LogP contribution in [-0.2, 0) is 22.6 Å². The Morgan fingerprint density at radius 2 is 2.07 bits per heavy atom. The van der Waals surface area contributed by atoms with E-state index in [-0.39, 0.29) is 24.6 Å². The molecule has 0 amide bonds. The number of esters is 1. The Morgan fingerprint density at radius 1 is 1.21 bits per heavy atom. The summed E-state index contributed by atoms with van der Waals surface area (Å²) in [5.74, 6) is -0.0378. The molecule has 28 heavy (non-hydrogen) atoms. The highest BCUT2D eigenvalue weighted by Gasteiger charge is 2.23. The summed E-state index contributed by atoms with van der Waals surface area (Å²) >= 11 is 1.44. The third-order valence-corrected chi connectivity index (χ3v) is 5.14. The lowest BCUT2D eigenvalue weighted by atomic mass is 10.3. The molecular weight excluding hydrogens is 384 g/mol. The monoisotopic (exact) mass is 396 g/mol. The van der Waals surface area contributed by atoms with Gasteiger partial charge in [0.1, 0.15) is 12.3 Å². The molecule has 0 unspecified atom stereocenters. The van der Waals surface area contributed by atoms with Gasteiger partial charge in [-0.25, -0.2) is 4.98 Å². The SMILES string of the molecule is COC(=O)Cc1nn(-c2nc3ccccc3s2)c2c1nnc1nc(CO)nn12. The molecule has 1 aromatic carbocycles. The number of ether oxygens (including phenoxy) is 1. The number of para-hydroxylation sites is 1. The summed E-state index contributed by atoms with van der Waals surface area (Å²) in [4.78, 5) is 20.6. The summed E-state index contributed by atoms with van der Waals surface area (Å²) in [6.07, 6.45) is -0.0767. The second-order valence-corrected chi connectivity index (χ2v) is 6.85. The molecule has 4 aromatic heterocycles. The Morgan fingerprint density at radius 3 is 2.86 bits per heavy atom. The van der Waals surface area contributed by atoms with Crippen LogP contribution in [0.25, 0.3) is 32.3 Å². The summed E-state index contributed by atoms with van der Waals surface area (Å²) in [6.45, 7) is -0.338. The molecule has 5 rings (SSSR count). The average molecular weight is 396 g/mol. The Labute approximate surface area is 160 Å². The van der Waals surface area contributed by atoms with E-state index in [1.807, 2.05) is 24.3 Å². The standard InChI is InChI=1S/C16H12N8O3S/c1-27-12(26)6-9-13-14(23-15(20-19-13)18-11(7-25)22-23)24(21-9)16-17-8-4-2-3-5-10(8)28-16/h2-5,25H,6-7H2,1H3. The van der Waals surface area contributed by atoms with Gasteiger partial charge in [0.15, 0.2) is 17.0 Å². The van der Waals surface area contributed by atoms with Gasteiger partial charge in [0.05, 0.1) is 23.7 Å². The number of thiazole rings is 1. The van der Waals surface area contributed by atoms with Crippen molar-refractivity contribution in [3.63, 3.8) is 0 Å². The van der Waals surface area contributed by atoms with Gasteiger partial charge in [0.25, 0.3) is 5.78 Å². The van der Waals surface area contributed by atoms with Gasteiger partial charge >= 0.3 is 5.97 Å². The molecule has 0 saturated heterocycles. The summed E-state index contributed by atoms with van der Waals surface area (Å²) < 4.78 is 8.75. The van der Waals surface area contributed by atoms with E-state index in [2.05, 4.69) is 30.4 Å². The van der Waals surface area contributed by atoms with Crippen LogP contribution < -0.4 is 0 Å². The van der Waals surface area contributed by atoms with E-state index in [1.165, 1.54) is 23.0 Å². The molecule has 140 valence electrons. The number of fused-ring (bicyclic) bond motifs is 4. The van der Waals surface area contributed by atoms with Crippen molar-refractivity contribution in [2.75, 3.05) is 7.11 Å². The first-order valence-electron chi connectivity index (χ1n) is 8.21. The van der Waals surface area contributed by atoms with Crippen molar-refractivity contribution in [3.05, 3.63) is 35.8 Å². The predicted molar refractivity (Wildman–Crippen MR) is 98.0 cm³/mol. The summed E-state index contributed by atoms with van der Waals surface area (Å²) in [6, 6.07) is 7.71. The van der Waals surface area contributed by atoms with Crippen molar-refractivity contribution in [2.24, 2.45) is 0 Å². The molecule has 11 nitrogen and oxygen atoms in total. The second kappa shape index (κ2) is 6.28. The van der Waals surface area contributed by atoms with Crippen LogP contribution in [0.1, 0.15) is 11.5 Å². The molecule has 0 saturated carbocycles. The van der Waals surface area contributed by atoms with Crippen molar-refractivity contribution in [1.29, 1.82) is 0 Å². The molecule has 5 aromatic rings. The number of aromatic nitrogens is 8. The van der Waals surface area contributed by atoms with Crippen molar-refractivity contribution < 1.29 is 14.6 Å². The quantitative estimate of drug-likeness (QED) is 0.435. The van der Waals surface area contributed by atoms with Crippen LogP contribution in [0.4, 0.5) is 0 Å². The van der Waals surface area contributed by atoms with Crippen molar-refractivity contribution in [2.45, 2.75) is 13.0 Å². The molecule has 0 atom stereocenters. The number of rotatable bonds is 4. The number of aliphatic hydroxyl groups excluding tert-OH is 1. The van der Waals surface area contributed by atoms with Crippen molar-refractivity contribution in [1.82, 2.24) is 39.6 Å². The van der Waals surface area contributed by atoms with Gasteiger partial charge in [-0.3, -0.25) is 4.79 Å². The minimum atomic E-state index is -0.451. The van der Waals surface area contributed by atoms with E-state index in [4.69, 9.17) is 4.74 Å². The fraction of sp³-hybridized carbons (Fsp3) is 0.188. The Balaban J connectivity index is 1.82. The first-order chi connectivity index (χ1) is 13.7. The molecule has 0 fully saturated rings. The van der Waals surface area contributed by atoms with Gasteiger partial charge in [-0.15, -0.1) is 15.3 Å². The number of aliphatic hydroxyl groups is 1. The molecule has 0 spiro atoms. The normalized spacial score (nSPS) is 11.6. The van der Waals surface area contributed by atoms with E-state index < -0.39 is 5.97 Å². The lowest BCUT2D eigenvalue weighted by Crippen LogP contribution is -2.06.